The highest BCUT2D eigenvalue weighted by Gasteiger charge is 2.26. The summed E-state index contributed by atoms with van der Waals surface area (Å²) in [6, 6.07) is 19.4. The quantitative estimate of drug-likeness (QED) is 0.552. The first-order valence-corrected chi connectivity index (χ1v) is 10.3. The lowest BCUT2D eigenvalue weighted by molar-refractivity contribution is -0.142. The van der Waals surface area contributed by atoms with Crippen molar-refractivity contribution in [3.63, 3.8) is 0 Å². The molecule has 0 saturated carbocycles. The fourth-order valence-electron chi connectivity index (χ4n) is 2.98. The largest absolute Gasteiger partial charge is 0.482 e. The molecule has 1 N–H and O–H groups in total. The van der Waals surface area contributed by atoms with Crippen molar-refractivity contribution >= 4 is 23.4 Å². The lowest BCUT2D eigenvalue weighted by atomic mass is 10.1. The monoisotopic (exact) mass is 437 g/mol. The number of pyridine rings is 1. The molecule has 31 heavy (non-hydrogen) atoms. The molecule has 0 aliphatic heterocycles. The minimum Gasteiger partial charge on any atom is -0.482 e. The van der Waals surface area contributed by atoms with Gasteiger partial charge in [-0.05, 0) is 42.3 Å². The van der Waals surface area contributed by atoms with Crippen molar-refractivity contribution in [2.45, 2.75) is 26.1 Å². The Hall–Kier alpha value is -3.38. The molecule has 0 fully saturated rings. The van der Waals surface area contributed by atoms with Gasteiger partial charge in [-0.1, -0.05) is 54.1 Å². The Morgan fingerprint density at radius 3 is 2.39 bits per heavy atom. The molecule has 0 saturated heterocycles. The van der Waals surface area contributed by atoms with E-state index in [1.165, 1.54) is 4.90 Å². The van der Waals surface area contributed by atoms with Gasteiger partial charge in [-0.3, -0.25) is 14.6 Å². The zero-order valence-electron chi connectivity index (χ0n) is 17.2. The Labute approximate surface area is 186 Å². The molecule has 0 radical (unpaired) electrons. The average Bonchev–Trinajstić information content (AvgIpc) is 2.81. The SMILES string of the molecule is C[C@@H](C(=O)NCc1ccncc1)N(Cc1ccccc1)C(=O)COc1ccccc1Cl. The predicted octanol–water partition coefficient (Wildman–Crippen LogP) is 3.85. The van der Waals surface area contributed by atoms with Crippen LogP contribution < -0.4 is 10.1 Å². The number of benzene rings is 2. The summed E-state index contributed by atoms with van der Waals surface area (Å²) in [4.78, 5) is 31.3. The van der Waals surface area contributed by atoms with E-state index in [0.717, 1.165) is 11.1 Å². The molecule has 2 amide bonds. The molecule has 3 aromatic rings. The number of halogens is 1. The summed E-state index contributed by atoms with van der Waals surface area (Å²) in [5, 5.41) is 3.30. The summed E-state index contributed by atoms with van der Waals surface area (Å²) >= 11 is 6.11. The van der Waals surface area contributed by atoms with Gasteiger partial charge in [-0.2, -0.15) is 0 Å². The summed E-state index contributed by atoms with van der Waals surface area (Å²) in [5.74, 6) is -0.138. The number of nitrogens with one attached hydrogen (secondary N) is 1. The van der Waals surface area contributed by atoms with E-state index in [1.54, 1.807) is 43.6 Å². The first-order chi connectivity index (χ1) is 15.0. The second kappa shape index (κ2) is 11.1. The molecular weight excluding hydrogens is 414 g/mol. The molecule has 0 unspecified atom stereocenters. The lowest BCUT2D eigenvalue weighted by Gasteiger charge is -2.28. The van der Waals surface area contributed by atoms with E-state index < -0.39 is 6.04 Å². The smallest absolute Gasteiger partial charge is 0.261 e. The van der Waals surface area contributed by atoms with Crippen LogP contribution in [0.3, 0.4) is 0 Å². The van der Waals surface area contributed by atoms with Gasteiger partial charge >= 0.3 is 0 Å². The Kier molecular flexibility index (Phi) is 8.01. The summed E-state index contributed by atoms with van der Waals surface area (Å²) in [7, 11) is 0. The van der Waals surface area contributed by atoms with Crippen LogP contribution in [0.15, 0.2) is 79.1 Å². The molecule has 2 aromatic carbocycles. The van der Waals surface area contributed by atoms with Crippen LogP contribution in [0.5, 0.6) is 5.75 Å². The van der Waals surface area contributed by atoms with E-state index in [2.05, 4.69) is 10.3 Å². The summed E-state index contributed by atoms with van der Waals surface area (Å²) < 4.78 is 5.61. The summed E-state index contributed by atoms with van der Waals surface area (Å²) in [6.07, 6.45) is 3.34. The van der Waals surface area contributed by atoms with Crippen molar-refractivity contribution in [3.8, 4) is 5.75 Å². The normalized spacial score (nSPS) is 11.4. The molecule has 160 valence electrons. The maximum absolute atomic E-state index is 13.0. The van der Waals surface area contributed by atoms with Gasteiger partial charge in [-0.15, -0.1) is 0 Å². The number of rotatable bonds is 9. The van der Waals surface area contributed by atoms with Crippen molar-refractivity contribution in [2.75, 3.05) is 6.61 Å². The van der Waals surface area contributed by atoms with Gasteiger partial charge in [0.1, 0.15) is 11.8 Å². The maximum Gasteiger partial charge on any atom is 0.261 e. The third-order valence-electron chi connectivity index (χ3n) is 4.77. The molecule has 0 spiro atoms. The third-order valence-corrected chi connectivity index (χ3v) is 5.08. The summed E-state index contributed by atoms with van der Waals surface area (Å²) in [5.41, 5.74) is 1.85. The van der Waals surface area contributed by atoms with Crippen molar-refractivity contribution in [2.24, 2.45) is 0 Å². The van der Waals surface area contributed by atoms with Crippen LogP contribution in [0.1, 0.15) is 18.1 Å². The highest BCUT2D eigenvalue weighted by Crippen LogP contribution is 2.23. The van der Waals surface area contributed by atoms with Gasteiger partial charge in [0.15, 0.2) is 6.61 Å². The first kappa shape index (κ1) is 22.3. The molecule has 3 rings (SSSR count). The van der Waals surface area contributed by atoms with Crippen molar-refractivity contribution in [1.29, 1.82) is 0 Å². The van der Waals surface area contributed by atoms with Crippen LogP contribution in [0.2, 0.25) is 5.02 Å². The highest BCUT2D eigenvalue weighted by molar-refractivity contribution is 6.32. The molecular formula is C24H24ClN3O3. The number of hydrogen-bond acceptors (Lipinski definition) is 4. The van der Waals surface area contributed by atoms with Gasteiger partial charge in [0, 0.05) is 25.5 Å². The zero-order chi connectivity index (χ0) is 22.1. The fraction of sp³-hybridized carbons (Fsp3) is 0.208. The van der Waals surface area contributed by atoms with E-state index >= 15 is 0 Å². The van der Waals surface area contributed by atoms with Crippen LogP contribution in [-0.2, 0) is 22.7 Å². The minimum atomic E-state index is -0.690. The van der Waals surface area contributed by atoms with Crippen LogP contribution >= 0.6 is 11.6 Å². The number of nitrogens with zero attached hydrogens (tertiary/aromatic N) is 2. The molecule has 1 atom stereocenters. The van der Waals surface area contributed by atoms with Gasteiger partial charge in [0.05, 0.1) is 5.02 Å². The number of para-hydroxylation sites is 1. The van der Waals surface area contributed by atoms with Crippen LogP contribution in [-0.4, -0.2) is 34.3 Å². The number of amides is 2. The first-order valence-electron chi connectivity index (χ1n) is 9.92. The van der Waals surface area contributed by atoms with Crippen LogP contribution in [0, 0.1) is 0 Å². The van der Waals surface area contributed by atoms with Gasteiger partial charge < -0.3 is 15.0 Å². The van der Waals surface area contributed by atoms with E-state index in [4.69, 9.17) is 16.3 Å². The zero-order valence-corrected chi connectivity index (χ0v) is 18.0. The molecule has 0 aliphatic carbocycles. The predicted molar refractivity (Wildman–Crippen MR) is 119 cm³/mol. The molecule has 1 aromatic heterocycles. The maximum atomic E-state index is 13.0. The van der Waals surface area contributed by atoms with Crippen molar-refractivity contribution in [1.82, 2.24) is 15.2 Å². The van der Waals surface area contributed by atoms with Crippen LogP contribution in [0.25, 0.3) is 0 Å². The third kappa shape index (κ3) is 6.55. The summed E-state index contributed by atoms with van der Waals surface area (Å²) in [6.45, 7) is 2.13. The molecule has 1 heterocycles. The van der Waals surface area contributed by atoms with E-state index in [9.17, 15) is 9.59 Å². The Morgan fingerprint density at radius 2 is 1.68 bits per heavy atom. The number of carbonyl (C=O) groups is 2. The fourth-order valence-corrected chi connectivity index (χ4v) is 3.17. The molecule has 0 aliphatic rings. The van der Waals surface area contributed by atoms with Crippen molar-refractivity contribution < 1.29 is 14.3 Å². The van der Waals surface area contributed by atoms with Crippen molar-refractivity contribution in [3.05, 3.63) is 95.3 Å². The highest BCUT2D eigenvalue weighted by atomic mass is 35.5. The van der Waals surface area contributed by atoms with E-state index in [0.29, 0.717) is 17.3 Å². The number of ether oxygens (including phenoxy) is 1. The Bertz CT molecular complexity index is 999. The van der Waals surface area contributed by atoms with E-state index in [1.807, 2.05) is 42.5 Å². The number of carbonyl (C=O) groups excluding carboxylic acids is 2. The lowest BCUT2D eigenvalue weighted by Crippen LogP contribution is -2.48. The number of aromatic nitrogens is 1. The van der Waals surface area contributed by atoms with Gasteiger partial charge in [0.25, 0.3) is 5.91 Å². The molecule has 6 nitrogen and oxygen atoms in total. The average molecular weight is 438 g/mol. The van der Waals surface area contributed by atoms with Gasteiger partial charge in [0.2, 0.25) is 5.91 Å². The molecule has 7 heteroatoms. The Balaban J connectivity index is 1.69. The van der Waals surface area contributed by atoms with Crippen LogP contribution in [0.4, 0.5) is 0 Å². The number of hydrogen-bond donors (Lipinski definition) is 1. The van der Waals surface area contributed by atoms with Gasteiger partial charge in [-0.25, -0.2) is 0 Å². The second-order valence-corrected chi connectivity index (χ2v) is 7.38. The molecule has 0 bridgehead atoms. The topological polar surface area (TPSA) is 71.5 Å². The van der Waals surface area contributed by atoms with E-state index in [-0.39, 0.29) is 25.0 Å². The minimum absolute atomic E-state index is 0.224. The Morgan fingerprint density at radius 1 is 1.00 bits per heavy atom. The standard InChI is InChI=1S/C24H24ClN3O3/c1-18(24(30)27-15-19-11-13-26-14-12-19)28(16-20-7-3-2-4-8-20)23(29)17-31-22-10-6-5-9-21(22)25/h2-14,18H,15-17H2,1H3,(H,27,30)/t18-/m0/s1. The second-order valence-electron chi connectivity index (χ2n) is 6.98.